The number of hydrogen-bond acceptors (Lipinski definition) is 3. The molecule has 2 N–H and O–H groups in total. The standard InChI is InChI=1S/C30H30ClNO4/c1-19(2)14-20-6-4-9-24(16-20)36-18-21-7-3-8-22(15-21)30(35)29-25(10-5-11-28(33)34)26-17-23(31)12-13-27(26)32-29/h3-4,6-9,12-13,15-17,19,32H,5,10-11,14,18H2,1-2H3,(H,33,34). The van der Waals surface area contributed by atoms with Crippen LogP contribution in [0.3, 0.4) is 0 Å². The summed E-state index contributed by atoms with van der Waals surface area (Å²) >= 11 is 6.21. The fourth-order valence-corrected chi connectivity index (χ4v) is 4.61. The van der Waals surface area contributed by atoms with E-state index in [0.29, 0.717) is 41.6 Å². The number of aromatic amines is 1. The van der Waals surface area contributed by atoms with E-state index in [1.165, 1.54) is 5.56 Å². The predicted molar refractivity (Wildman–Crippen MR) is 143 cm³/mol. The van der Waals surface area contributed by atoms with Crippen molar-refractivity contribution >= 4 is 34.3 Å². The van der Waals surface area contributed by atoms with Gasteiger partial charge in [-0.25, -0.2) is 0 Å². The first-order chi connectivity index (χ1) is 17.3. The maximum atomic E-state index is 13.6. The van der Waals surface area contributed by atoms with Gasteiger partial charge < -0.3 is 14.8 Å². The molecule has 0 bridgehead atoms. The van der Waals surface area contributed by atoms with Crippen molar-refractivity contribution in [3.63, 3.8) is 0 Å². The van der Waals surface area contributed by atoms with E-state index in [1.807, 2.05) is 42.5 Å². The number of nitrogens with one attached hydrogen (secondary N) is 1. The highest BCUT2D eigenvalue weighted by molar-refractivity contribution is 6.31. The highest BCUT2D eigenvalue weighted by Crippen LogP contribution is 2.29. The zero-order valence-electron chi connectivity index (χ0n) is 20.5. The van der Waals surface area contributed by atoms with E-state index in [-0.39, 0.29) is 12.2 Å². The van der Waals surface area contributed by atoms with Crippen LogP contribution in [-0.2, 0) is 24.2 Å². The molecule has 5 nitrogen and oxygen atoms in total. The average Bonchev–Trinajstić information content (AvgIpc) is 3.19. The molecule has 0 saturated heterocycles. The van der Waals surface area contributed by atoms with Crippen molar-refractivity contribution in [2.75, 3.05) is 0 Å². The Bertz CT molecular complexity index is 1390. The summed E-state index contributed by atoms with van der Waals surface area (Å²) in [5.41, 5.74) is 4.73. The number of carbonyl (C=O) groups excluding carboxylic acids is 1. The first kappa shape index (κ1) is 25.5. The molecule has 1 heterocycles. The fraction of sp³-hybridized carbons (Fsp3) is 0.267. The summed E-state index contributed by atoms with van der Waals surface area (Å²) in [5.74, 6) is 0.368. The van der Waals surface area contributed by atoms with Crippen LogP contribution < -0.4 is 4.74 Å². The SMILES string of the molecule is CC(C)Cc1cccc(OCc2cccc(C(=O)c3[nH]c4ccc(Cl)cc4c3CCCC(=O)O)c2)c1. The third-order valence-electron chi connectivity index (χ3n) is 6.05. The zero-order chi connectivity index (χ0) is 25.7. The Labute approximate surface area is 216 Å². The average molecular weight is 504 g/mol. The Kier molecular flexibility index (Phi) is 8.11. The van der Waals surface area contributed by atoms with Gasteiger partial charge in [0.1, 0.15) is 12.4 Å². The number of rotatable bonds is 11. The Balaban J connectivity index is 1.56. The largest absolute Gasteiger partial charge is 0.489 e. The third kappa shape index (κ3) is 6.35. The number of carbonyl (C=O) groups is 2. The van der Waals surface area contributed by atoms with Gasteiger partial charge in [0.2, 0.25) is 5.78 Å². The normalized spacial score (nSPS) is 11.2. The van der Waals surface area contributed by atoms with Gasteiger partial charge in [0, 0.05) is 27.9 Å². The summed E-state index contributed by atoms with van der Waals surface area (Å²) in [6, 6.07) is 21.0. The molecule has 0 unspecified atom stereocenters. The number of halogens is 1. The predicted octanol–water partition coefficient (Wildman–Crippen LogP) is 7.24. The van der Waals surface area contributed by atoms with Gasteiger partial charge in [-0.2, -0.15) is 0 Å². The molecule has 0 saturated carbocycles. The molecule has 3 aromatic carbocycles. The molecule has 0 aliphatic rings. The zero-order valence-corrected chi connectivity index (χ0v) is 21.3. The number of ketones is 1. The minimum Gasteiger partial charge on any atom is -0.489 e. The molecule has 1 aromatic heterocycles. The van der Waals surface area contributed by atoms with E-state index >= 15 is 0 Å². The lowest BCUT2D eigenvalue weighted by atomic mass is 9.98. The highest BCUT2D eigenvalue weighted by Gasteiger charge is 2.20. The second-order valence-electron chi connectivity index (χ2n) is 9.48. The lowest BCUT2D eigenvalue weighted by Gasteiger charge is -2.10. The van der Waals surface area contributed by atoms with Gasteiger partial charge >= 0.3 is 5.97 Å². The van der Waals surface area contributed by atoms with E-state index < -0.39 is 5.97 Å². The van der Waals surface area contributed by atoms with Crippen molar-refractivity contribution in [1.82, 2.24) is 4.98 Å². The smallest absolute Gasteiger partial charge is 0.303 e. The number of carboxylic acid groups (broad SMARTS) is 1. The van der Waals surface area contributed by atoms with Crippen molar-refractivity contribution in [1.29, 1.82) is 0 Å². The van der Waals surface area contributed by atoms with Gasteiger partial charge in [0.15, 0.2) is 0 Å². The number of fused-ring (bicyclic) bond motifs is 1. The van der Waals surface area contributed by atoms with E-state index in [1.54, 1.807) is 12.1 Å². The molecule has 186 valence electrons. The van der Waals surface area contributed by atoms with Crippen LogP contribution in [-0.4, -0.2) is 21.8 Å². The first-order valence-corrected chi connectivity index (χ1v) is 12.5. The van der Waals surface area contributed by atoms with Crippen LogP contribution in [0, 0.1) is 5.92 Å². The van der Waals surface area contributed by atoms with Crippen molar-refractivity contribution in [2.45, 2.75) is 46.1 Å². The number of aryl methyl sites for hydroxylation is 1. The first-order valence-electron chi connectivity index (χ1n) is 12.2. The van der Waals surface area contributed by atoms with E-state index in [0.717, 1.165) is 34.2 Å². The molecule has 0 aliphatic carbocycles. The molecule has 36 heavy (non-hydrogen) atoms. The second kappa shape index (κ2) is 11.4. The summed E-state index contributed by atoms with van der Waals surface area (Å²) in [6.45, 7) is 4.73. The molecule has 0 radical (unpaired) electrons. The molecular weight excluding hydrogens is 474 g/mol. The number of carboxylic acids is 1. The second-order valence-corrected chi connectivity index (χ2v) is 9.92. The Morgan fingerprint density at radius 3 is 2.56 bits per heavy atom. The van der Waals surface area contributed by atoms with Gasteiger partial charge in [0.05, 0.1) is 5.69 Å². The maximum Gasteiger partial charge on any atom is 0.303 e. The lowest BCUT2D eigenvalue weighted by Crippen LogP contribution is -2.07. The summed E-state index contributed by atoms with van der Waals surface area (Å²) in [5, 5.41) is 10.5. The highest BCUT2D eigenvalue weighted by atomic mass is 35.5. The van der Waals surface area contributed by atoms with Crippen LogP contribution in [0.25, 0.3) is 10.9 Å². The maximum absolute atomic E-state index is 13.6. The monoisotopic (exact) mass is 503 g/mol. The summed E-state index contributed by atoms with van der Waals surface area (Å²) in [7, 11) is 0. The topological polar surface area (TPSA) is 79.4 Å². The fourth-order valence-electron chi connectivity index (χ4n) is 4.44. The minimum absolute atomic E-state index is 0.0338. The van der Waals surface area contributed by atoms with Gasteiger partial charge in [-0.1, -0.05) is 55.8 Å². The van der Waals surface area contributed by atoms with E-state index in [2.05, 4.69) is 31.0 Å². The number of H-pyrrole nitrogens is 1. The molecule has 6 heteroatoms. The van der Waals surface area contributed by atoms with Crippen molar-refractivity contribution in [2.24, 2.45) is 5.92 Å². The molecule has 0 amide bonds. The molecular formula is C30H30ClNO4. The van der Waals surface area contributed by atoms with Crippen molar-refractivity contribution < 1.29 is 19.4 Å². The van der Waals surface area contributed by atoms with Crippen LogP contribution in [0.5, 0.6) is 5.75 Å². The summed E-state index contributed by atoms with van der Waals surface area (Å²) in [6.07, 6.45) is 1.92. The third-order valence-corrected chi connectivity index (χ3v) is 6.28. The molecule has 0 aliphatic heterocycles. The number of aromatic nitrogens is 1. The Morgan fingerprint density at radius 1 is 1.00 bits per heavy atom. The molecule has 0 fully saturated rings. The van der Waals surface area contributed by atoms with Crippen molar-refractivity contribution in [3.8, 4) is 5.75 Å². The molecule has 4 aromatic rings. The quantitative estimate of drug-likeness (QED) is 0.211. The van der Waals surface area contributed by atoms with Gasteiger partial charge in [-0.3, -0.25) is 9.59 Å². The van der Waals surface area contributed by atoms with Crippen LogP contribution >= 0.6 is 11.6 Å². The molecule has 0 atom stereocenters. The number of aliphatic carboxylic acids is 1. The Hall–Kier alpha value is -3.57. The van der Waals surface area contributed by atoms with Crippen LogP contribution in [0.15, 0.2) is 66.7 Å². The summed E-state index contributed by atoms with van der Waals surface area (Å²) < 4.78 is 6.03. The van der Waals surface area contributed by atoms with Gasteiger partial charge in [-0.05, 0) is 78.3 Å². The summed E-state index contributed by atoms with van der Waals surface area (Å²) in [4.78, 5) is 27.9. The molecule has 0 spiro atoms. The van der Waals surface area contributed by atoms with Crippen LogP contribution in [0.2, 0.25) is 5.02 Å². The molecule has 4 rings (SSSR count). The lowest BCUT2D eigenvalue weighted by molar-refractivity contribution is -0.137. The van der Waals surface area contributed by atoms with Crippen molar-refractivity contribution in [3.05, 3.63) is 99.7 Å². The number of hydrogen-bond donors (Lipinski definition) is 2. The Morgan fingerprint density at radius 2 is 1.78 bits per heavy atom. The van der Waals surface area contributed by atoms with Crippen LogP contribution in [0.4, 0.5) is 0 Å². The van der Waals surface area contributed by atoms with Gasteiger partial charge in [0.25, 0.3) is 0 Å². The van der Waals surface area contributed by atoms with E-state index in [4.69, 9.17) is 21.4 Å². The number of benzene rings is 3. The number of ether oxygens (including phenoxy) is 1. The van der Waals surface area contributed by atoms with E-state index in [9.17, 15) is 9.59 Å². The van der Waals surface area contributed by atoms with Crippen LogP contribution in [0.1, 0.15) is 59.4 Å². The van der Waals surface area contributed by atoms with Gasteiger partial charge in [-0.15, -0.1) is 0 Å². The minimum atomic E-state index is -0.858.